The molecule has 4 heteroatoms. The highest BCUT2D eigenvalue weighted by molar-refractivity contribution is 9.10. The lowest BCUT2D eigenvalue weighted by Crippen LogP contribution is -1.84. The number of hydrogen-bond acceptors (Lipinski definition) is 2. The fourth-order valence-corrected chi connectivity index (χ4v) is 0.501. The maximum atomic E-state index is 11.8. The molecule has 8 heavy (non-hydrogen) atoms. The van der Waals surface area contributed by atoms with E-state index < -0.39 is 6.08 Å². The minimum absolute atomic E-state index is 0.680. The third-order valence-corrected chi connectivity index (χ3v) is 0.998. The van der Waals surface area contributed by atoms with E-state index in [1.54, 1.807) is 0 Å². The molecule has 42 valence electrons. The molecule has 0 unspecified atom stereocenters. The second kappa shape index (κ2) is 2.17. The molecule has 0 aliphatic rings. The average Bonchev–Trinajstić information content (AvgIpc) is 1.77. The lowest BCUT2D eigenvalue weighted by molar-refractivity contribution is 0.537. The van der Waals surface area contributed by atoms with Crippen LogP contribution in [0.15, 0.2) is 16.9 Å². The highest BCUT2D eigenvalue weighted by atomic mass is 79.9. The lowest BCUT2D eigenvalue weighted by Gasteiger charge is -1.83. The van der Waals surface area contributed by atoms with E-state index in [4.69, 9.17) is 0 Å². The summed E-state index contributed by atoms with van der Waals surface area (Å²) in [6, 6.07) is 0. The molecule has 1 aromatic rings. The zero-order valence-corrected chi connectivity index (χ0v) is 5.39. The molecule has 0 saturated carbocycles. The Balaban J connectivity index is 3.03. The van der Waals surface area contributed by atoms with Gasteiger partial charge in [0.25, 0.3) is 0 Å². The SMILES string of the molecule is [18F]c1ncc(Br)cn1. The molecule has 0 saturated heterocycles. The van der Waals surface area contributed by atoms with Gasteiger partial charge in [-0.15, -0.1) is 0 Å². The van der Waals surface area contributed by atoms with Gasteiger partial charge in [-0.1, -0.05) is 0 Å². The van der Waals surface area contributed by atoms with Gasteiger partial charge in [0.15, 0.2) is 0 Å². The molecule has 0 fully saturated rings. The molecule has 0 aromatic carbocycles. The monoisotopic (exact) mass is 175 g/mol. The summed E-state index contributed by atoms with van der Waals surface area (Å²) in [5.41, 5.74) is 0. The van der Waals surface area contributed by atoms with Crippen LogP contribution in [-0.2, 0) is 0 Å². The van der Waals surface area contributed by atoms with E-state index in [2.05, 4.69) is 25.9 Å². The third kappa shape index (κ3) is 1.23. The van der Waals surface area contributed by atoms with E-state index in [1.807, 2.05) is 0 Å². The molecule has 1 rings (SSSR count). The summed E-state index contributed by atoms with van der Waals surface area (Å²) in [7, 11) is 0. The van der Waals surface area contributed by atoms with Gasteiger partial charge in [-0.25, -0.2) is 9.97 Å². The minimum atomic E-state index is -0.701. The molecule has 0 bridgehead atoms. The van der Waals surface area contributed by atoms with Gasteiger partial charge in [-0.2, -0.15) is 4.39 Å². The fourth-order valence-electron chi connectivity index (χ4n) is 0.297. The maximum absolute atomic E-state index is 11.8. The molecule has 0 spiro atoms. The molecular weight excluding hydrogens is 174 g/mol. The van der Waals surface area contributed by atoms with Gasteiger partial charge in [0.05, 0.1) is 4.47 Å². The van der Waals surface area contributed by atoms with Crippen molar-refractivity contribution in [2.45, 2.75) is 0 Å². The first-order valence-corrected chi connectivity index (χ1v) is 2.71. The topological polar surface area (TPSA) is 25.8 Å². The van der Waals surface area contributed by atoms with Crippen LogP contribution in [0.4, 0.5) is 4.39 Å². The van der Waals surface area contributed by atoms with Crippen LogP contribution in [0.1, 0.15) is 0 Å². The van der Waals surface area contributed by atoms with Crippen molar-refractivity contribution in [2.75, 3.05) is 0 Å². The number of halogens is 2. The summed E-state index contributed by atoms with van der Waals surface area (Å²) < 4.78 is 12.5. The van der Waals surface area contributed by atoms with Crippen molar-refractivity contribution in [3.05, 3.63) is 22.9 Å². The van der Waals surface area contributed by atoms with Gasteiger partial charge in [-0.05, 0) is 15.9 Å². The number of rotatable bonds is 0. The standard InChI is InChI=1S/C4H2BrFN2/c5-3-1-7-4(6)8-2-3/h1-2H/i6-1. The van der Waals surface area contributed by atoms with Gasteiger partial charge in [0, 0.05) is 12.4 Å². The Bertz CT molecular complexity index is 153. The molecule has 0 aliphatic carbocycles. The summed E-state index contributed by atoms with van der Waals surface area (Å²) in [5, 5.41) is 0. The summed E-state index contributed by atoms with van der Waals surface area (Å²) in [4.78, 5) is 6.51. The quantitative estimate of drug-likeness (QED) is 0.558. The molecule has 0 aliphatic heterocycles. The number of aromatic nitrogens is 2. The van der Waals surface area contributed by atoms with Gasteiger partial charge in [0.2, 0.25) is 0 Å². The van der Waals surface area contributed by atoms with Crippen molar-refractivity contribution in [1.29, 1.82) is 0 Å². The molecule has 1 aromatic heterocycles. The van der Waals surface area contributed by atoms with Crippen molar-refractivity contribution in [1.82, 2.24) is 9.97 Å². The zero-order chi connectivity index (χ0) is 5.98. The van der Waals surface area contributed by atoms with E-state index in [9.17, 15) is 4.39 Å². The van der Waals surface area contributed by atoms with Crippen molar-refractivity contribution < 1.29 is 4.39 Å². The first kappa shape index (κ1) is 5.62. The molecule has 0 N–H and O–H groups in total. The van der Waals surface area contributed by atoms with E-state index in [1.165, 1.54) is 12.4 Å². The molecule has 2 nitrogen and oxygen atoms in total. The van der Waals surface area contributed by atoms with E-state index in [0.717, 1.165) is 0 Å². The summed E-state index contributed by atoms with van der Waals surface area (Å²) in [6.07, 6.45) is 2.00. The van der Waals surface area contributed by atoms with Crippen LogP contribution in [0.2, 0.25) is 0 Å². The van der Waals surface area contributed by atoms with E-state index in [-0.39, 0.29) is 0 Å². The van der Waals surface area contributed by atoms with Crippen LogP contribution in [0, 0.1) is 6.08 Å². The largest absolute Gasteiger partial charge is 0.308 e. The Labute approximate surface area is 53.9 Å². The Morgan fingerprint density at radius 1 is 1.38 bits per heavy atom. The normalized spacial score (nSPS) is 9.25. The van der Waals surface area contributed by atoms with Crippen molar-refractivity contribution in [3.63, 3.8) is 0 Å². The Morgan fingerprint density at radius 2 is 1.88 bits per heavy atom. The molecule has 0 atom stereocenters. The average molecular weight is 176 g/mol. The van der Waals surface area contributed by atoms with Crippen LogP contribution in [0.3, 0.4) is 0 Å². The second-order valence-electron chi connectivity index (χ2n) is 1.17. The van der Waals surface area contributed by atoms with Gasteiger partial charge >= 0.3 is 6.08 Å². The zero-order valence-electron chi connectivity index (χ0n) is 3.81. The minimum Gasteiger partial charge on any atom is -0.210 e. The smallest absolute Gasteiger partial charge is 0.210 e. The molecule has 0 amide bonds. The molecular formula is C4H2BrFN2. The summed E-state index contributed by atoms with van der Waals surface area (Å²) in [5.74, 6) is 0. The van der Waals surface area contributed by atoms with Crippen LogP contribution >= 0.6 is 15.9 Å². The van der Waals surface area contributed by atoms with Crippen LogP contribution < -0.4 is 0 Å². The fraction of sp³-hybridized carbons (Fsp3) is 0. The van der Waals surface area contributed by atoms with Crippen molar-refractivity contribution in [2.24, 2.45) is 0 Å². The highest BCUT2D eigenvalue weighted by Gasteiger charge is 1.88. The Morgan fingerprint density at radius 3 is 2.25 bits per heavy atom. The molecule has 1 heterocycles. The maximum Gasteiger partial charge on any atom is 0.308 e. The first-order chi connectivity index (χ1) is 3.79. The first-order valence-electron chi connectivity index (χ1n) is 1.92. The third-order valence-electron chi connectivity index (χ3n) is 0.589. The van der Waals surface area contributed by atoms with Crippen molar-refractivity contribution >= 4 is 15.9 Å². The van der Waals surface area contributed by atoms with Gasteiger partial charge in [-0.3, -0.25) is 0 Å². The van der Waals surface area contributed by atoms with Gasteiger partial charge < -0.3 is 0 Å². The van der Waals surface area contributed by atoms with E-state index >= 15 is 0 Å². The number of hydrogen-bond donors (Lipinski definition) is 0. The lowest BCUT2D eigenvalue weighted by atomic mass is 10.7. The Hall–Kier alpha value is -0.510. The predicted octanol–water partition coefficient (Wildman–Crippen LogP) is 1.38. The van der Waals surface area contributed by atoms with Crippen LogP contribution in [-0.4, -0.2) is 9.97 Å². The van der Waals surface area contributed by atoms with E-state index in [0.29, 0.717) is 4.47 Å². The Kier molecular flexibility index (Phi) is 1.53. The predicted molar refractivity (Wildman–Crippen MR) is 29.7 cm³/mol. The van der Waals surface area contributed by atoms with Crippen molar-refractivity contribution in [3.8, 4) is 0 Å². The van der Waals surface area contributed by atoms with Crippen LogP contribution in [0.25, 0.3) is 0 Å². The summed E-state index contributed by atoms with van der Waals surface area (Å²) >= 11 is 3.05. The molecule has 0 radical (unpaired) electrons. The summed E-state index contributed by atoms with van der Waals surface area (Å²) in [6.45, 7) is 0. The van der Waals surface area contributed by atoms with Crippen LogP contribution in [0.5, 0.6) is 0 Å². The van der Waals surface area contributed by atoms with Gasteiger partial charge in [0.1, 0.15) is 0 Å². The second-order valence-corrected chi connectivity index (χ2v) is 2.09. The highest BCUT2D eigenvalue weighted by Crippen LogP contribution is 2.02. The number of nitrogens with zero attached hydrogens (tertiary/aromatic N) is 2.